The van der Waals surface area contributed by atoms with Gasteiger partial charge in [0.15, 0.2) is 5.82 Å². The summed E-state index contributed by atoms with van der Waals surface area (Å²) >= 11 is 0. The van der Waals surface area contributed by atoms with Gasteiger partial charge in [0.1, 0.15) is 11.4 Å². The number of urea groups is 1. The maximum atomic E-state index is 14.7. The van der Waals surface area contributed by atoms with Crippen LogP contribution in [-0.2, 0) is 25.4 Å². The molecule has 2 aliphatic rings. The molecule has 4 rings (SSSR count). The van der Waals surface area contributed by atoms with Gasteiger partial charge in [-0.1, -0.05) is 0 Å². The summed E-state index contributed by atoms with van der Waals surface area (Å²) in [6.45, 7) is 0.0679. The maximum absolute atomic E-state index is 14.7. The topological polar surface area (TPSA) is 83.3 Å². The van der Waals surface area contributed by atoms with Gasteiger partial charge in [-0.25, -0.2) is 18.0 Å². The molecule has 0 fully saturated rings. The number of aryl methyl sites for hydroxylation is 1. The lowest BCUT2D eigenvalue weighted by atomic mass is 9.99. The summed E-state index contributed by atoms with van der Waals surface area (Å²) in [7, 11) is 0. The summed E-state index contributed by atoms with van der Waals surface area (Å²) < 4.78 is 70.3. The number of anilines is 1. The minimum atomic E-state index is -3.32. The van der Waals surface area contributed by atoms with Gasteiger partial charge >= 0.3 is 6.03 Å². The summed E-state index contributed by atoms with van der Waals surface area (Å²) in [4.78, 5) is 17.0. The zero-order valence-corrected chi connectivity index (χ0v) is 15.6. The highest BCUT2D eigenvalue weighted by Gasteiger charge is 2.44. The maximum Gasteiger partial charge on any atom is 0.322 e. The normalized spacial score (nSPS) is 20.5. The van der Waals surface area contributed by atoms with E-state index in [1.165, 1.54) is 9.58 Å². The predicted octanol–water partition coefficient (Wildman–Crippen LogP) is 3.19. The van der Waals surface area contributed by atoms with Crippen molar-refractivity contribution in [3.8, 4) is 0 Å². The fraction of sp³-hybridized carbons (Fsp3) is 0.500. The highest BCUT2D eigenvalue weighted by molar-refractivity contribution is 5.89. The number of alkyl halides is 4. The van der Waals surface area contributed by atoms with Gasteiger partial charge in [-0.05, 0) is 12.5 Å². The van der Waals surface area contributed by atoms with Gasteiger partial charge in [0.2, 0.25) is 0 Å². The van der Waals surface area contributed by atoms with Crippen LogP contribution in [-0.4, -0.2) is 43.5 Å². The van der Waals surface area contributed by atoms with E-state index >= 15 is 0 Å². The number of nitrogens with zero attached hydrogens (tertiary/aromatic N) is 4. The first-order valence-corrected chi connectivity index (χ1v) is 9.30. The highest BCUT2D eigenvalue weighted by Crippen LogP contribution is 2.40. The number of aromatic nitrogens is 3. The number of aliphatic hydroxyl groups is 1. The molecular formula is C18H18F5N5O2. The van der Waals surface area contributed by atoms with Crippen molar-refractivity contribution in [1.29, 1.82) is 0 Å². The van der Waals surface area contributed by atoms with E-state index in [-0.39, 0.29) is 43.7 Å². The number of amides is 2. The molecule has 2 N–H and O–H groups in total. The zero-order chi connectivity index (χ0) is 21.6. The molecule has 2 aromatic rings. The molecule has 12 heteroatoms. The standard InChI is InChI=1S/C18H18F5N5O2/c19-13-12(1-4-24-14(13)16(20)21)25-17(30)27-5-3-11-10(8-27)15-18(22,23)7-9(29)2-6-28(15)26-11/h1,4,9,16,29H,2-3,5-8H2,(H,24,25,30). The second-order valence-electron chi connectivity index (χ2n) is 7.31. The van der Waals surface area contributed by atoms with Crippen LogP contribution < -0.4 is 5.32 Å². The number of hydrogen-bond donors (Lipinski definition) is 2. The van der Waals surface area contributed by atoms with Gasteiger partial charge in [-0.15, -0.1) is 0 Å². The van der Waals surface area contributed by atoms with E-state index in [0.717, 1.165) is 12.3 Å². The fourth-order valence-electron chi connectivity index (χ4n) is 3.84. The molecule has 2 aliphatic heterocycles. The van der Waals surface area contributed by atoms with Gasteiger partial charge in [0.05, 0.1) is 24.0 Å². The molecule has 4 heterocycles. The summed E-state index contributed by atoms with van der Waals surface area (Å²) in [5.74, 6) is -4.67. The molecule has 0 saturated carbocycles. The Morgan fingerprint density at radius 2 is 2.10 bits per heavy atom. The molecule has 0 saturated heterocycles. The molecule has 0 spiro atoms. The third-order valence-electron chi connectivity index (χ3n) is 5.27. The number of carbonyl (C=O) groups excluding carboxylic acids is 1. The summed E-state index contributed by atoms with van der Waals surface area (Å²) in [5.41, 5.74) is -1.26. The summed E-state index contributed by atoms with van der Waals surface area (Å²) in [6, 6.07) is 0.221. The Balaban J connectivity index is 1.58. The van der Waals surface area contributed by atoms with Gasteiger partial charge < -0.3 is 15.3 Å². The molecule has 7 nitrogen and oxygen atoms in total. The number of fused-ring (bicyclic) bond motifs is 3. The first kappa shape index (κ1) is 20.5. The second kappa shape index (κ2) is 7.49. The van der Waals surface area contributed by atoms with Crippen molar-refractivity contribution >= 4 is 11.7 Å². The molecule has 0 bridgehead atoms. The van der Waals surface area contributed by atoms with Crippen LogP contribution in [0, 0.1) is 5.82 Å². The summed E-state index contributed by atoms with van der Waals surface area (Å²) in [5, 5.41) is 16.1. The van der Waals surface area contributed by atoms with Crippen molar-refractivity contribution in [3.63, 3.8) is 0 Å². The zero-order valence-electron chi connectivity index (χ0n) is 15.6. The van der Waals surface area contributed by atoms with Gasteiger partial charge in [0.25, 0.3) is 12.3 Å². The fourth-order valence-corrected chi connectivity index (χ4v) is 3.84. The van der Waals surface area contributed by atoms with Crippen LogP contribution in [0.25, 0.3) is 0 Å². The quantitative estimate of drug-likeness (QED) is 0.716. The molecule has 0 aliphatic carbocycles. The second-order valence-corrected chi connectivity index (χ2v) is 7.31. The summed E-state index contributed by atoms with van der Waals surface area (Å²) in [6.07, 6.45) is -3.77. The molecule has 0 radical (unpaired) electrons. The predicted molar refractivity (Wildman–Crippen MR) is 93.6 cm³/mol. The van der Waals surface area contributed by atoms with Crippen molar-refractivity contribution in [2.24, 2.45) is 0 Å². The number of aliphatic hydroxyl groups excluding tert-OH is 1. The van der Waals surface area contributed by atoms with Crippen LogP contribution in [0.3, 0.4) is 0 Å². The van der Waals surface area contributed by atoms with Gasteiger partial charge in [-0.2, -0.15) is 13.9 Å². The highest BCUT2D eigenvalue weighted by atomic mass is 19.3. The lowest BCUT2D eigenvalue weighted by Gasteiger charge is -2.28. The van der Waals surface area contributed by atoms with E-state index in [9.17, 15) is 31.9 Å². The van der Waals surface area contributed by atoms with Crippen LogP contribution in [0.1, 0.15) is 41.9 Å². The van der Waals surface area contributed by atoms with Gasteiger partial charge in [0, 0.05) is 37.7 Å². The van der Waals surface area contributed by atoms with E-state index in [1.54, 1.807) is 0 Å². The number of nitrogens with one attached hydrogen (secondary N) is 1. The van der Waals surface area contributed by atoms with E-state index in [2.05, 4.69) is 15.4 Å². The lowest BCUT2D eigenvalue weighted by molar-refractivity contribution is -0.0507. The largest absolute Gasteiger partial charge is 0.393 e. The number of hydrogen-bond acceptors (Lipinski definition) is 4. The van der Waals surface area contributed by atoms with Crippen LogP contribution in [0.5, 0.6) is 0 Å². The molecule has 2 aromatic heterocycles. The Morgan fingerprint density at radius 3 is 2.83 bits per heavy atom. The number of rotatable bonds is 2. The van der Waals surface area contributed by atoms with Crippen LogP contribution >= 0.6 is 0 Å². The minimum Gasteiger partial charge on any atom is -0.393 e. The van der Waals surface area contributed by atoms with E-state index < -0.39 is 48.1 Å². The Morgan fingerprint density at radius 1 is 1.33 bits per heavy atom. The minimum absolute atomic E-state index is 0.129. The van der Waals surface area contributed by atoms with Crippen LogP contribution in [0.2, 0.25) is 0 Å². The number of halogens is 5. The first-order valence-electron chi connectivity index (χ1n) is 9.30. The molecule has 30 heavy (non-hydrogen) atoms. The Hall–Kier alpha value is -2.76. The average Bonchev–Trinajstić information content (AvgIpc) is 3.00. The van der Waals surface area contributed by atoms with Crippen LogP contribution in [0.15, 0.2) is 12.3 Å². The Labute approximate surface area is 167 Å². The SMILES string of the molecule is O=C(Nc1ccnc(C(F)F)c1F)N1CCc2nn3c(c2C1)C(F)(F)CC(O)CC3. The van der Waals surface area contributed by atoms with E-state index in [0.29, 0.717) is 5.69 Å². The number of carbonyl (C=O) groups is 1. The molecule has 162 valence electrons. The van der Waals surface area contributed by atoms with Crippen molar-refractivity contribution in [2.45, 2.75) is 50.8 Å². The molecular weight excluding hydrogens is 413 g/mol. The first-order chi connectivity index (χ1) is 14.2. The molecule has 1 atom stereocenters. The van der Waals surface area contributed by atoms with Crippen molar-refractivity contribution in [1.82, 2.24) is 19.7 Å². The van der Waals surface area contributed by atoms with Gasteiger partial charge in [-0.3, -0.25) is 9.67 Å². The molecule has 0 aromatic carbocycles. The Bertz CT molecular complexity index is 980. The molecule has 1 unspecified atom stereocenters. The lowest BCUT2D eigenvalue weighted by Crippen LogP contribution is -2.39. The molecule has 2 amide bonds. The number of pyridine rings is 1. The van der Waals surface area contributed by atoms with Crippen molar-refractivity contribution in [2.75, 3.05) is 11.9 Å². The Kier molecular flexibility index (Phi) is 5.12. The third-order valence-corrected chi connectivity index (χ3v) is 5.27. The van der Waals surface area contributed by atoms with E-state index in [4.69, 9.17) is 0 Å². The average molecular weight is 431 g/mol. The van der Waals surface area contributed by atoms with Crippen LogP contribution in [0.4, 0.5) is 32.4 Å². The van der Waals surface area contributed by atoms with Crippen molar-refractivity contribution in [3.05, 3.63) is 40.7 Å². The monoisotopic (exact) mass is 431 g/mol. The third kappa shape index (κ3) is 3.59. The smallest absolute Gasteiger partial charge is 0.322 e. The van der Waals surface area contributed by atoms with E-state index in [1.807, 2.05) is 0 Å². The van der Waals surface area contributed by atoms with Crippen molar-refractivity contribution < 1.29 is 31.9 Å².